The first-order valence-corrected chi connectivity index (χ1v) is 10.2. The van der Waals surface area contributed by atoms with E-state index in [-0.39, 0.29) is 28.6 Å². The van der Waals surface area contributed by atoms with Crippen molar-refractivity contribution < 1.29 is 17.9 Å². The number of halogens is 3. The van der Waals surface area contributed by atoms with E-state index in [0.717, 1.165) is 23.6 Å². The van der Waals surface area contributed by atoms with Crippen molar-refractivity contribution in [2.45, 2.75) is 44.9 Å². The number of rotatable bonds is 5. The van der Waals surface area contributed by atoms with Crippen molar-refractivity contribution in [2.75, 3.05) is 12.4 Å². The third-order valence-corrected chi connectivity index (χ3v) is 5.85. The number of aromatic nitrogens is 3. The molecule has 1 aliphatic carbocycles. The van der Waals surface area contributed by atoms with Crippen LogP contribution >= 0.6 is 0 Å². The van der Waals surface area contributed by atoms with Gasteiger partial charge in [0, 0.05) is 19.3 Å². The highest BCUT2D eigenvalue weighted by atomic mass is 19.4. The molecule has 0 unspecified atom stereocenters. The van der Waals surface area contributed by atoms with E-state index >= 15 is 0 Å². The fourth-order valence-corrected chi connectivity index (χ4v) is 4.04. The predicted octanol–water partition coefficient (Wildman–Crippen LogP) is 3.94. The van der Waals surface area contributed by atoms with Crippen LogP contribution in [0.4, 0.5) is 19.0 Å². The molecule has 0 amide bonds. The molecule has 0 saturated heterocycles. The van der Waals surface area contributed by atoms with E-state index < -0.39 is 28.9 Å². The average Bonchev–Trinajstić information content (AvgIpc) is 3.55. The molecule has 7 nitrogen and oxygen atoms in total. The molecule has 1 aliphatic rings. The lowest BCUT2D eigenvalue weighted by molar-refractivity contribution is -0.138. The minimum absolute atomic E-state index is 0.0286. The van der Waals surface area contributed by atoms with E-state index in [1.54, 1.807) is 19.2 Å². The van der Waals surface area contributed by atoms with Gasteiger partial charge < -0.3 is 14.6 Å². The van der Waals surface area contributed by atoms with Gasteiger partial charge in [0.2, 0.25) is 0 Å². The smallest absolute Gasteiger partial charge is 0.416 e. The summed E-state index contributed by atoms with van der Waals surface area (Å²) in [6.07, 6.45) is -1.19. The third-order valence-electron chi connectivity index (χ3n) is 5.85. The number of hydrogen-bond donors (Lipinski definition) is 1. The molecule has 3 aromatic rings. The molecule has 170 valence electrons. The molecule has 4 rings (SSSR count). The van der Waals surface area contributed by atoms with E-state index in [4.69, 9.17) is 4.74 Å². The monoisotopic (exact) mass is 448 g/mol. The highest BCUT2D eigenvalue weighted by Crippen LogP contribution is 2.37. The first kappa shape index (κ1) is 21.9. The quantitative estimate of drug-likeness (QED) is 0.640. The second-order valence-corrected chi connectivity index (χ2v) is 8.06. The number of fused-ring (bicyclic) bond motifs is 1. The number of nitrogens with one attached hydrogen (secondary N) is 1. The molecule has 0 bridgehead atoms. The molecule has 32 heavy (non-hydrogen) atoms. The Morgan fingerprint density at radius 2 is 1.91 bits per heavy atom. The average molecular weight is 448 g/mol. The van der Waals surface area contributed by atoms with Crippen LogP contribution in [0.15, 0.2) is 34.0 Å². The highest BCUT2D eigenvalue weighted by molar-refractivity contribution is 5.94. The number of methoxy groups -OCH3 is 1. The molecular weight excluding hydrogens is 425 g/mol. The van der Waals surface area contributed by atoms with Gasteiger partial charge in [-0.2, -0.15) is 18.3 Å². The van der Waals surface area contributed by atoms with Gasteiger partial charge in [-0.3, -0.25) is 9.59 Å². The molecule has 10 heteroatoms. The Morgan fingerprint density at radius 3 is 2.50 bits per heavy atom. The SMILES string of the molecule is COc1c(=O)n(C2CC2)cc2c(N[C@H](C)c3cccc(C(F)(F)F)c3C)nn(C)c(=O)c12. The molecule has 0 spiro atoms. The topological polar surface area (TPSA) is 78.2 Å². The van der Waals surface area contributed by atoms with Crippen molar-refractivity contribution in [1.82, 2.24) is 14.3 Å². The normalized spacial score (nSPS) is 15.1. The van der Waals surface area contributed by atoms with E-state index in [1.165, 1.54) is 31.7 Å². The molecule has 2 heterocycles. The second kappa shape index (κ2) is 7.68. The van der Waals surface area contributed by atoms with Crippen LogP contribution in [0.5, 0.6) is 5.75 Å². The van der Waals surface area contributed by atoms with E-state index in [1.807, 2.05) is 0 Å². The lowest BCUT2D eigenvalue weighted by Crippen LogP contribution is -2.28. The number of hydrogen-bond acceptors (Lipinski definition) is 5. The first-order chi connectivity index (χ1) is 15.0. The molecule has 2 aromatic heterocycles. The maximum Gasteiger partial charge on any atom is 0.416 e. The van der Waals surface area contributed by atoms with E-state index in [2.05, 4.69) is 10.4 Å². The molecule has 0 radical (unpaired) electrons. The summed E-state index contributed by atoms with van der Waals surface area (Å²) in [4.78, 5) is 25.6. The number of anilines is 1. The molecule has 1 N–H and O–H groups in total. The second-order valence-electron chi connectivity index (χ2n) is 8.06. The van der Waals surface area contributed by atoms with Crippen molar-refractivity contribution in [3.63, 3.8) is 0 Å². The highest BCUT2D eigenvalue weighted by Gasteiger charge is 2.33. The molecular formula is C22H23F3N4O3. The Hall–Kier alpha value is -3.30. The van der Waals surface area contributed by atoms with Crippen LogP contribution in [0.1, 0.15) is 48.5 Å². The summed E-state index contributed by atoms with van der Waals surface area (Å²) in [6, 6.07) is 3.50. The van der Waals surface area contributed by atoms with Gasteiger partial charge in [0.25, 0.3) is 11.1 Å². The number of ether oxygens (including phenoxy) is 1. The van der Waals surface area contributed by atoms with Crippen LogP contribution in [0.25, 0.3) is 10.8 Å². The van der Waals surface area contributed by atoms with Gasteiger partial charge in [0.15, 0.2) is 11.6 Å². The number of nitrogens with zero attached hydrogens (tertiary/aromatic N) is 3. The minimum atomic E-state index is -4.46. The van der Waals surface area contributed by atoms with Gasteiger partial charge >= 0.3 is 6.18 Å². The Morgan fingerprint density at radius 1 is 1.22 bits per heavy atom. The van der Waals surface area contributed by atoms with Crippen molar-refractivity contribution in [3.8, 4) is 5.75 Å². The van der Waals surface area contributed by atoms with Crippen LogP contribution < -0.4 is 21.2 Å². The standard InChI is InChI=1S/C22H23F3N4O3/c1-11-14(6-5-7-16(11)22(23,24)25)12(2)26-19-15-10-29(13-8-9-13)21(31)18(32-4)17(15)20(30)28(3)27-19/h5-7,10,12-13H,8-9H2,1-4H3,(H,26,27)/t12-/m1/s1. The van der Waals surface area contributed by atoms with Crippen molar-refractivity contribution >= 4 is 16.6 Å². The van der Waals surface area contributed by atoms with Gasteiger partial charge in [0.05, 0.1) is 24.1 Å². The molecule has 1 aromatic carbocycles. The Bertz CT molecular complexity index is 1320. The summed E-state index contributed by atoms with van der Waals surface area (Å²) < 4.78 is 48.0. The van der Waals surface area contributed by atoms with E-state index in [0.29, 0.717) is 10.9 Å². The number of aryl methyl sites for hydroxylation is 1. The summed E-state index contributed by atoms with van der Waals surface area (Å²) in [5.41, 5.74) is -1.03. The van der Waals surface area contributed by atoms with Gasteiger partial charge in [-0.05, 0) is 43.9 Å². The van der Waals surface area contributed by atoms with Crippen molar-refractivity contribution in [2.24, 2.45) is 7.05 Å². The summed E-state index contributed by atoms with van der Waals surface area (Å²) in [6.45, 7) is 3.14. The van der Waals surface area contributed by atoms with Crippen LogP contribution in [0.3, 0.4) is 0 Å². The lowest BCUT2D eigenvalue weighted by Gasteiger charge is -2.21. The number of benzene rings is 1. The number of pyridine rings is 1. The van der Waals surface area contributed by atoms with Crippen molar-refractivity contribution in [1.29, 1.82) is 0 Å². The Labute approximate surface area is 181 Å². The van der Waals surface area contributed by atoms with Gasteiger partial charge in [0.1, 0.15) is 5.39 Å². The van der Waals surface area contributed by atoms with Crippen LogP contribution in [0.2, 0.25) is 0 Å². The Balaban J connectivity index is 1.87. The Kier molecular flexibility index (Phi) is 5.26. The fourth-order valence-electron chi connectivity index (χ4n) is 4.04. The third kappa shape index (κ3) is 3.63. The summed E-state index contributed by atoms with van der Waals surface area (Å²) in [7, 11) is 2.77. The largest absolute Gasteiger partial charge is 0.490 e. The van der Waals surface area contributed by atoms with Crippen molar-refractivity contribution in [3.05, 3.63) is 61.8 Å². The maximum atomic E-state index is 13.4. The molecule has 0 aliphatic heterocycles. The molecule has 1 fully saturated rings. The minimum Gasteiger partial charge on any atom is -0.490 e. The zero-order valence-electron chi connectivity index (χ0n) is 18.1. The van der Waals surface area contributed by atoms with E-state index in [9.17, 15) is 22.8 Å². The fraction of sp³-hybridized carbons (Fsp3) is 0.409. The van der Waals surface area contributed by atoms with Gasteiger partial charge in [-0.15, -0.1) is 0 Å². The summed E-state index contributed by atoms with van der Waals surface area (Å²) in [5.74, 6) is 0.211. The van der Waals surface area contributed by atoms with Crippen LogP contribution in [0, 0.1) is 6.92 Å². The lowest BCUT2D eigenvalue weighted by atomic mass is 9.97. The zero-order valence-corrected chi connectivity index (χ0v) is 18.1. The van der Waals surface area contributed by atoms with Gasteiger partial charge in [-0.25, -0.2) is 4.68 Å². The number of alkyl halides is 3. The van der Waals surface area contributed by atoms with Crippen LogP contribution in [-0.2, 0) is 13.2 Å². The van der Waals surface area contributed by atoms with Gasteiger partial charge in [-0.1, -0.05) is 12.1 Å². The zero-order chi connectivity index (χ0) is 23.4. The van der Waals surface area contributed by atoms with Crippen LogP contribution in [-0.4, -0.2) is 21.5 Å². The molecule has 1 atom stereocenters. The first-order valence-electron chi connectivity index (χ1n) is 10.2. The predicted molar refractivity (Wildman–Crippen MR) is 114 cm³/mol. The summed E-state index contributed by atoms with van der Waals surface area (Å²) >= 11 is 0. The molecule has 1 saturated carbocycles. The summed E-state index contributed by atoms with van der Waals surface area (Å²) in [5, 5.41) is 7.90. The maximum absolute atomic E-state index is 13.4.